The molecule has 0 aromatic heterocycles. The Balaban J connectivity index is 1.67. The molecule has 1 atom stereocenters. The number of nitrogens with one attached hydrogen (secondary N) is 1. The fourth-order valence-electron chi connectivity index (χ4n) is 4.13. The molecule has 33 heavy (non-hydrogen) atoms. The molecule has 0 bridgehead atoms. The number of hydrogen-bond acceptors (Lipinski definition) is 4. The summed E-state index contributed by atoms with van der Waals surface area (Å²) in [4.78, 5) is 41.2. The second kappa shape index (κ2) is 10.6. The van der Waals surface area contributed by atoms with Gasteiger partial charge in [-0.15, -0.1) is 0 Å². The number of Topliss-reactive ketones (excluding diaryl/α,β-unsaturated/α-hetero) is 1. The molecule has 1 aliphatic rings. The number of halogens is 1. The molecule has 1 saturated heterocycles. The van der Waals surface area contributed by atoms with Crippen LogP contribution in [0.25, 0.3) is 0 Å². The zero-order valence-electron chi connectivity index (χ0n) is 19.7. The molecular formula is C26H32FN3O3. The highest BCUT2D eigenvalue weighted by Gasteiger charge is 2.30. The van der Waals surface area contributed by atoms with Gasteiger partial charge in [0.15, 0.2) is 5.78 Å². The van der Waals surface area contributed by atoms with Crippen LogP contribution in [0.2, 0.25) is 0 Å². The van der Waals surface area contributed by atoms with E-state index in [-0.39, 0.29) is 23.5 Å². The maximum absolute atomic E-state index is 14.5. The molecule has 6 nitrogen and oxygen atoms in total. The van der Waals surface area contributed by atoms with Crippen molar-refractivity contribution in [2.75, 3.05) is 31.1 Å². The van der Waals surface area contributed by atoms with Crippen molar-refractivity contribution >= 4 is 23.3 Å². The third-order valence-electron chi connectivity index (χ3n) is 5.99. The van der Waals surface area contributed by atoms with Gasteiger partial charge in [0, 0.05) is 37.3 Å². The van der Waals surface area contributed by atoms with Crippen molar-refractivity contribution in [3.05, 3.63) is 65.0 Å². The predicted octanol–water partition coefficient (Wildman–Crippen LogP) is 3.83. The molecule has 1 aliphatic heterocycles. The Morgan fingerprint density at radius 1 is 1.03 bits per heavy atom. The summed E-state index contributed by atoms with van der Waals surface area (Å²) in [5, 5.41) is 2.94. The van der Waals surface area contributed by atoms with Crippen molar-refractivity contribution in [2.24, 2.45) is 5.92 Å². The summed E-state index contributed by atoms with van der Waals surface area (Å²) in [5.74, 6) is -0.757. The Hall–Kier alpha value is -3.22. The highest BCUT2D eigenvalue weighted by Crippen LogP contribution is 2.23. The number of carbonyl (C=O) groups is 3. The fourth-order valence-corrected chi connectivity index (χ4v) is 4.13. The fraction of sp³-hybridized carbons (Fsp3) is 0.423. The van der Waals surface area contributed by atoms with Gasteiger partial charge in [0.05, 0.1) is 5.69 Å². The summed E-state index contributed by atoms with van der Waals surface area (Å²) in [6.07, 6.45) is 0.539. The average molecular weight is 454 g/mol. The maximum atomic E-state index is 14.5. The highest BCUT2D eigenvalue weighted by molar-refractivity contribution is 5.98. The molecule has 0 saturated carbocycles. The Morgan fingerprint density at radius 3 is 2.27 bits per heavy atom. The van der Waals surface area contributed by atoms with Crippen molar-refractivity contribution in [3.63, 3.8) is 0 Å². The quantitative estimate of drug-likeness (QED) is 0.647. The van der Waals surface area contributed by atoms with E-state index in [4.69, 9.17) is 0 Å². The number of ketones is 1. The first-order valence-corrected chi connectivity index (χ1v) is 11.4. The van der Waals surface area contributed by atoms with E-state index in [9.17, 15) is 18.8 Å². The molecule has 2 aromatic rings. The number of amides is 2. The maximum Gasteiger partial charge on any atom is 0.252 e. The standard InChI is InChI=1S/C26H32FN3O3/c1-17(2)15-23(28-25(32)21-8-6-5-7-18(21)3)26(33)30-13-11-29(12-14-30)24-10-9-20(19(4)31)16-22(24)27/h5-10,16-17,23H,11-15H2,1-4H3,(H,28,32). The van der Waals surface area contributed by atoms with Gasteiger partial charge >= 0.3 is 0 Å². The molecule has 1 heterocycles. The van der Waals surface area contributed by atoms with Gasteiger partial charge in [-0.3, -0.25) is 14.4 Å². The van der Waals surface area contributed by atoms with E-state index in [1.807, 2.05) is 43.9 Å². The smallest absolute Gasteiger partial charge is 0.252 e. The van der Waals surface area contributed by atoms with E-state index >= 15 is 0 Å². The molecule has 1 N–H and O–H groups in total. The first-order valence-electron chi connectivity index (χ1n) is 11.4. The number of rotatable bonds is 7. The summed E-state index contributed by atoms with van der Waals surface area (Å²) >= 11 is 0. The molecular weight excluding hydrogens is 421 g/mol. The monoisotopic (exact) mass is 453 g/mol. The number of carbonyl (C=O) groups excluding carboxylic acids is 3. The van der Waals surface area contributed by atoms with Crippen molar-refractivity contribution in [3.8, 4) is 0 Å². The molecule has 1 fully saturated rings. The van der Waals surface area contributed by atoms with Gasteiger partial charge in [-0.25, -0.2) is 4.39 Å². The van der Waals surface area contributed by atoms with E-state index in [2.05, 4.69) is 5.32 Å². The third-order valence-corrected chi connectivity index (χ3v) is 5.99. The second-order valence-corrected chi connectivity index (χ2v) is 9.01. The van der Waals surface area contributed by atoms with Crippen LogP contribution < -0.4 is 10.2 Å². The summed E-state index contributed by atoms with van der Waals surface area (Å²) in [5.41, 5.74) is 2.19. The Labute approximate surface area is 194 Å². The lowest BCUT2D eigenvalue weighted by Gasteiger charge is -2.38. The van der Waals surface area contributed by atoms with Crippen molar-refractivity contribution < 1.29 is 18.8 Å². The van der Waals surface area contributed by atoms with Crippen LogP contribution in [-0.2, 0) is 4.79 Å². The molecule has 176 valence electrons. The first kappa shape index (κ1) is 24.4. The number of aryl methyl sites for hydroxylation is 1. The summed E-state index contributed by atoms with van der Waals surface area (Å²) in [7, 11) is 0. The minimum absolute atomic E-state index is 0.113. The zero-order valence-corrected chi connectivity index (χ0v) is 19.7. The summed E-state index contributed by atoms with van der Waals surface area (Å²) in [6, 6.07) is 11.2. The lowest BCUT2D eigenvalue weighted by molar-refractivity contribution is -0.134. The van der Waals surface area contributed by atoms with Gasteiger partial charge in [-0.05, 0) is 56.0 Å². The van der Waals surface area contributed by atoms with Crippen LogP contribution in [0.5, 0.6) is 0 Å². The molecule has 7 heteroatoms. The van der Waals surface area contributed by atoms with Crippen molar-refractivity contribution in [2.45, 2.75) is 40.2 Å². The lowest BCUT2D eigenvalue weighted by Crippen LogP contribution is -2.55. The molecule has 1 unspecified atom stereocenters. The van der Waals surface area contributed by atoms with E-state index in [1.165, 1.54) is 13.0 Å². The first-order chi connectivity index (χ1) is 15.7. The third kappa shape index (κ3) is 5.97. The van der Waals surface area contributed by atoms with E-state index in [0.29, 0.717) is 49.4 Å². The average Bonchev–Trinajstić information content (AvgIpc) is 2.78. The van der Waals surface area contributed by atoms with E-state index in [0.717, 1.165) is 5.56 Å². The van der Waals surface area contributed by atoms with E-state index < -0.39 is 11.9 Å². The lowest BCUT2D eigenvalue weighted by atomic mass is 10.0. The van der Waals surface area contributed by atoms with Gasteiger partial charge in [-0.1, -0.05) is 32.0 Å². The molecule has 2 amide bonds. The van der Waals surface area contributed by atoms with Gasteiger partial charge in [-0.2, -0.15) is 0 Å². The van der Waals surface area contributed by atoms with Crippen LogP contribution in [0, 0.1) is 18.7 Å². The Bertz CT molecular complexity index is 1030. The summed E-state index contributed by atoms with van der Waals surface area (Å²) in [6.45, 7) is 9.13. The zero-order chi connectivity index (χ0) is 24.1. The highest BCUT2D eigenvalue weighted by atomic mass is 19.1. The van der Waals surface area contributed by atoms with Gasteiger partial charge < -0.3 is 15.1 Å². The SMILES string of the molecule is CC(=O)c1ccc(N2CCN(C(=O)C(CC(C)C)NC(=O)c3ccccc3C)CC2)c(F)c1. The van der Waals surface area contributed by atoms with Gasteiger partial charge in [0.1, 0.15) is 11.9 Å². The molecule has 3 rings (SSSR count). The van der Waals surface area contributed by atoms with Crippen LogP contribution in [0.3, 0.4) is 0 Å². The molecule has 0 radical (unpaired) electrons. The summed E-state index contributed by atoms with van der Waals surface area (Å²) < 4.78 is 14.5. The van der Waals surface area contributed by atoms with Crippen molar-refractivity contribution in [1.29, 1.82) is 0 Å². The second-order valence-electron chi connectivity index (χ2n) is 9.01. The minimum Gasteiger partial charge on any atom is -0.366 e. The van der Waals surface area contributed by atoms with Gasteiger partial charge in [0.2, 0.25) is 5.91 Å². The van der Waals surface area contributed by atoms with Gasteiger partial charge in [0.25, 0.3) is 5.91 Å². The Kier molecular flexibility index (Phi) is 7.84. The number of hydrogen-bond donors (Lipinski definition) is 1. The topological polar surface area (TPSA) is 69.7 Å². The molecule has 0 spiro atoms. The number of nitrogens with zero attached hydrogens (tertiary/aromatic N) is 2. The predicted molar refractivity (Wildman–Crippen MR) is 127 cm³/mol. The van der Waals surface area contributed by atoms with Crippen LogP contribution in [0.4, 0.5) is 10.1 Å². The minimum atomic E-state index is -0.616. The van der Waals surface area contributed by atoms with Crippen LogP contribution in [0.1, 0.15) is 53.5 Å². The van der Waals surface area contributed by atoms with Crippen molar-refractivity contribution in [1.82, 2.24) is 10.2 Å². The molecule has 2 aromatic carbocycles. The number of anilines is 1. The normalized spacial score (nSPS) is 14.8. The Morgan fingerprint density at radius 2 is 1.70 bits per heavy atom. The van der Waals surface area contributed by atoms with E-state index in [1.54, 1.807) is 23.1 Å². The molecule has 0 aliphatic carbocycles. The van der Waals surface area contributed by atoms with Crippen LogP contribution in [-0.4, -0.2) is 54.7 Å². The van der Waals surface area contributed by atoms with Crippen LogP contribution in [0.15, 0.2) is 42.5 Å². The largest absolute Gasteiger partial charge is 0.366 e. The number of benzene rings is 2. The van der Waals surface area contributed by atoms with Crippen LogP contribution >= 0.6 is 0 Å². The number of piperazine rings is 1.